The van der Waals surface area contributed by atoms with E-state index in [1.54, 1.807) is 6.92 Å². The predicted molar refractivity (Wildman–Crippen MR) is 43.7 cm³/mol. The van der Waals surface area contributed by atoms with E-state index in [2.05, 4.69) is 17.9 Å². The number of aliphatic carboxylic acids is 1. The monoisotopic (exact) mass is 177 g/mol. The average Bonchev–Trinajstić information content (AvgIpc) is 1.98. The maximum Gasteiger partial charge on any atom is 0.322 e. The van der Waals surface area contributed by atoms with E-state index >= 15 is 0 Å². The number of hydrogen-bond acceptors (Lipinski definition) is 3. The molecular weight excluding hydrogens is 166 g/mol. The molecule has 0 aliphatic heterocycles. The molecule has 0 saturated carbocycles. The quantitative estimate of drug-likeness (QED) is 0.519. The summed E-state index contributed by atoms with van der Waals surface area (Å²) in [6, 6.07) is 0. The Morgan fingerprint density at radius 1 is 1.64 bits per heavy atom. The van der Waals surface area contributed by atoms with Crippen LogP contribution in [0.15, 0.2) is 0 Å². The van der Waals surface area contributed by atoms with Crippen molar-refractivity contribution in [3.63, 3.8) is 0 Å². The Labute approximate surface area is 70.4 Å². The molecule has 0 rings (SSSR count). The molecule has 0 aliphatic rings. The van der Waals surface area contributed by atoms with Crippen molar-refractivity contribution in [2.75, 3.05) is 12.3 Å². The first kappa shape index (κ1) is 10.3. The van der Waals surface area contributed by atoms with Gasteiger partial charge in [-0.1, -0.05) is 6.92 Å². The molecule has 64 valence electrons. The van der Waals surface area contributed by atoms with Gasteiger partial charge in [0.1, 0.15) is 6.54 Å². The van der Waals surface area contributed by atoms with Crippen LogP contribution in [0.3, 0.4) is 0 Å². The summed E-state index contributed by atoms with van der Waals surface area (Å²) >= 11 is 3.89. The molecule has 5 heteroatoms. The second-order valence-electron chi connectivity index (χ2n) is 2.20. The van der Waals surface area contributed by atoms with Crippen LogP contribution in [0, 0.1) is 5.92 Å². The normalized spacial score (nSPS) is 12.2. The summed E-state index contributed by atoms with van der Waals surface area (Å²) in [7, 11) is 0. The zero-order valence-corrected chi connectivity index (χ0v) is 7.10. The lowest BCUT2D eigenvalue weighted by Gasteiger charge is -2.06. The van der Waals surface area contributed by atoms with Gasteiger partial charge in [-0.2, -0.15) is 12.6 Å². The minimum Gasteiger partial charge on any atom is -0.480 e. The predicted octanol–water partition coefficient (Wildman–Crippen LogP) is -0.247. The number of amides is 1. The fourth-order valence-corrected chi connectivity index (χ4v) is 0.586. The first-order valence-corrected chi connectivity index (χ1v) is 3.81. The second-order valence-corrected chi connectivity index (χ2v) is 2.56. The molecule has 0 heterocycles. The SMILES string of the molecule is C[C@H](CS)C(=O)NCC(=O)O. The highest BCUT2D eigenvalue weighted by Gasteiger charge is 2.10. The Kier molecular flexibility index (Phi) is 4.69. The number of carbonyl (C=O) groups excluding carboxylic acids is 1. The summed E-state index contributed by atoms with van der Waals surface area (Å²) in [6.07, 6.45) is 0. The van der Waals surface area contributed by atoms with E-state index in [1.807, 2.05) is 0 Å². The van der Waals surface area contributed by atoms with Crippen molar-refractivity contribution < 1.29 is 14.7 Å². The number of hydrogen-bond donors (Lipinski definition) is 3. The van der Waals surface area contributed by atoms with E-state index in [1.165, 1.54) is 0 Å². The van der Waals surface area contributed by atoms with Gasteiger partial charge < -0.3 is 10.4 Å². The molecule has 0 fully saturated rings. The fourth-order valence-electron chi connectivity index (χ4n) is 0.420. The van der Waals surface area contributed by atoms with E-state index < -0.39 is 5.97 Å². The highest BCUT2D eigenvalue weighted by molar-refractivity contribution is 7.80. The molecule has 1 amide bonds. The van der Waals surface area contributed by atoms with Crippen molar-refractivity contribution in [2.45, 2.75) is 6.92 Å². The number of rotatable bonds is 4. The third-order valence-electron chi connectivity index (χ3n) is 1.14. The third-order valence-corrected chi connectivity index (χ3v) is 1.68. The minimum atomic E-state index is -1.04. The van der Waals surface area contributed by atoms with Gasteiger partial charge in [0.25, 0.3) is 0 Å². The molecule has 0 radical (unpaired) electrons. The molecule has 0 aromatic heterocycles. The Morgan fingerprint density at radius 3 is 2.55 bits per heavy atom. The van der Waals surface area contributed by atoms with Gasteiger partial charge in [0.2, 0.25) is 5.91 Å². The highest BCUT2D eigenvalue weighted by atomic mass is 32.1. The maximum atomic E-state index is 10.9. The second kappa shape index (κ2) is 5.01. The average molecular weight is 177 g/mol. The van der Waals surface area contributed by atoms with Gasteiger partial charge in [-0.05, 0) is 0 Å². The lowest BCUT2D eigenvalue weighted by molar-refractivity contribution is -0.138. The van der Waals surface area contributed by atoms with Crippen molar-refractivity contribution in [1.82, 2.24) is 5.32 Å². The molecule has 0 aliphatic carbocycles. The van der Waals surface area contributed by atoms with Gasteiger partial charge in [-0.3, -0.25) is 9.59 Å². The van der Waals surface area contributed by atoms with Gasteiger partial charge >= 0.3 is 5.97 Å². The molecule has 2 N–H and O–H groups in total. The van der Waals surface area contributed by atoms with Crippen molar-refractivity contribution in [3.8, 4) is 0 Å². The zero-order valence-electron chi connectivity index (χ0n) is 6.20. The van der Waals surface area contributed by atoms with Crippen LogP contribution in [0.25, 0.3) is 0 Å². The summed E-state index contributed by atoms with van der Waals surface area (Å²) in [5.41, 5.74) is 0. The first-order valence-electron chi connectivity index (χ1n) is 3.18. The lowest BCUT2D eigenvalue weighted by Crippen LogP contribution is -2.34. The van der Waals surface area contributed by atoms with Crippen LogP contribution in [0.2, 0.25) is 0 Å². The highest BCUT2D eigenvalue weighted by Crippen LogP contribution is 1.95. The maximum absolute atomic E-state index is 10.9. The fraction of sp³-hybridized carbons (Fsp3) is 0.667. The van der Waals surface area contributed by atoms with E-state index in [0.29, 0.717) is 5.75 Å². The number of nitrogens with one attached hydrogen (secondary N) is 1. The molecule has 0 aromatic rings. The Hall–Kier alpha value is -0.710. The third kappa shape index (κ3) is 4.66. The van der Waals surface area contributed by atoms with Gasteiger partial charge in [-0.15, -0.1) is 0 Å². The Morgan fingerprint density at radius 2 is 2.18 bits per heavy atom. The molecular formula is C6H11NO3S. The van der Waals surface area contributed by atoms with Crippen molar-refractivity contribution >= 4 is 24.5 Å². The van der Waals surface area contributed by atoms with Crippen molar-refractivity contribution in [2.24, 2.45) is 5.92 Å². The van der Waals surface area contributed by atoms with Gasteiger partial charge in [0, 0.05) is 11.7 Å². The molecule has 0 aromatic carbocycles. The summed E-state index contributed by atoms with van der Waals surface area (Å²) in [4.78, 5) is 20.8. The molecule has 0 spiro atoms. The summed E-state index contributed by atoms with van der Waals surface area (Å²) in [5, 5.41) is 10.4. The summed E-state index contributed by atoms with van der Waals surface area (Å²) in [6.45, 7) is 1.36. The summed E-state index contributed by atoms with van der Waals surface area (Å²) < 4.78 is 0. The van der Waals surface area contributed by atoms with Crippen LogP contribution < -0.4 is 5.32 Å². The first-order chi connectivity index (χ1) is 5.07. The number of carboxylic acids is 1. The molecule has 0 bridgehead atoms. The van der Waals surface area contributed by atoms with Crippen molar-refractivity contribution in [1.29, 1.82) is 0 Å². The van der Waals surface area contributed by atoms with Crippen LogP contribution in [-0.2, 0) is 9.59 Å². The van der Waals surface area contributed by atoms with Crippen molar-refractivity contribution in [3.05, 3.63) is 0 Å². The van der Waals surface area contributed by atoms with Crippen LogP contribution >= 0.6 is 12.6 Å². The molecule has 4 nitrogen and oxygen atoms in total. The largest absolute Gasteiger partial charge is 0.480 e. The van der Waals surface area contributed by atoms with E-state index in [0.717, 1.165) is 0 Å². The van der Waals surface area contributed by atoms with E-state index in [-0.39, 0.29) is 18.4 Å². The van der Waals surface area contributed by atoms with Gasteiger partial charge in [-0.25, -0.2) is 0 Å². The Bertz CT molecular complexity index is 160. The topological polar surface area (TPSA) is 66.4 Å². The van der Waals surface area contributed by atoms with Gasteiger partial charge in [0.05, 0.1) is 0 Å². The number of thiol groups is 1. The van der Waals surface area contributed by atoms with Gasteiger partial charge in [0.15, 0.2) is 0 Å². The molecule has 11 heavy (non-hydrogen) atoms. The molecule has 0 unspecified atom stereocenters. The van der Waals surface area contributed by atoms with E-state index in [4.69, 9.17) is 5.11 Å². The number of carbonyl (C=O) groups is 2. The van der Waals surface area contributed by atoms with Crippen LogP contribution in [0.5, 0.6) is 0 Å². The van der Waals surface area contributed by atoms with E-state index in [9.17, 15) is 9.59 Å². The minimum absolute atomic E-state index is 0.238. The molecule has 0 saturated heterocycles. The lowest BCUT2D eigenvalue weighted by atomic mass is 10.2. The Balaban J connectivity index is 3.60. The standard InChI is InChI=1S/C6H11NO3S/c1-4(3-11)6(10)7-2-5(8)9/h4,11H,2-3H2,1H3,(H,7,10)(H,8,9)/t4-/m1/s1. The van der Waals surface area contributed by atoms with Crippen LogP contribution in [0.1, 0.15) is 6.92 Å². The van der Waals surface area contributed by atoms with Crippen LogP contribution in [-0.4, -0.2) is 29.3 Å². The smallest absolute Gasteiger partial charge is 0.322 e. The zero-order chi connectivity index (χ0) is 8.85. The molecule has 1 atom stereocenters. The summed E-state index contributed by atoms with van der Waals surface area (Å²) in [5.74, 6) is -1.13. The number of carboxylic acid groups (broad SMARTS) is 1. The van der Waals surface area contributed by atoms with Crippen LogP contribution in [0.4, 0.5) is 0 Å².